The Kier molecular flexibility index (Phi) is 4.32. The molecule has 28 heavy (non-hydrogen) atoms. The maximum atomic E-state index is 13.2. The molecule has 1 nitrogen and oxygen atoms in total. The summed E-state index contributed by atoms with van der Waals surface area (Å²) in [5.74, 6) is 0.148. The molecule has 3 aromatic rings. The molecule has 0 radical (unpaired) electrons. The molecule has 0 saturated heterocycles. The van der Waals surface area contributed by atoms with Gasteiger partial charge in [-0.25, -0.2) is 0 Å². The van der Waals surface area contributed by atoms with Gasteiger partial charge >= 0.3 is 0 Å². The van der Waals surface area contributed by atoms with Crippen LogP contribution in [0.2, 0.25) is 0 Å². The Morgan fingerprint density at radius 1 is 0.964 bits per heavy atom. The second-order valence-corrected chi connectivity index (χ2v) is 8.68. The Morgan fingerprint density at radius 2 is 1.82 bits per heavy atom. The molecule has 2 heteroatoms. The molecule has 2 aliphatic rings. The van der Waals surface area contributed by atoms with Gasteiger partial charge < -0.3 is 0 Å². The number of ketones is 1. The molecule has 0 heterocycles. The predicted octanol–water partition coefficient (Wildman–Crippen LogP) is 4.99. The number of hydrogen-bond acceptors (Lipinski definition) is 1. The summed E-state index contributed by atoms with van der Waals surface area (Å²) in [4.78, 5) is 13.2. The summed E-state index contributed by atoms with van der Waals surface area (Å²) in [6, 6.07) is 19.1. The van der Waals surface area contributed by atoms with E-state index < -0.39 is 0 Å². The normalized spacial score (nSPS) is 16.9. The Bertz CT molecular complexity index is 1240. The third-order valence-corrected chi connectivity index (χ3v) is 6.69. The maximum Gasteiger partial charge on any atom is 0.170 e. The Morgan fingerprint density at radius 3 is 2.68 bits per heavy atom. The molecule has 138 valence electrons. The van der Waals surface area contributed by atoms with Crippen LogP contribution in [0.4, 0.5) is 0 Å². The van der Waals surface area contributed by atoms with Crippen molar-refractivity contribution in [2.24, 2.45) is 5.92 Å². The van der Waals surface area contributed by atoms with E-state index in [1.165, 1.54) is 32.7 Å². The van der Waals surface area contributed by atoms with Crippen LogP contribution in [-0.2, 0) is 12.8 Å². The molecular formula is C26H21BrO. The summed E-state index contributed by atoms with van der Waals surface area (Å²) < 4.78 is 0.896. The van der Waals surface area contributed by atoms with Gasteiger partial charge in [0.2, 0.25) is 0 Å². The number of carbonyl (C=O) groups is 1. The first kappa shape index (κ1) is 17.6. The zero-order valence-corrected chi connectivity index (χ0v) is 17.4. The summed E-state index contributed by atoms with van der Waals surface area (Å²) in [6.45, 7) is 2.04. The van der Waals surface area contributed by atoms with Crippen molar-refractivity contribution in [2.45, 2.75) is 26.2 Å². The van der Waals surface area contributed by atoms with Gasteiger partial charge in [0.15, 0.2) is 5.78 Å². The molecule has 0 saturated carbocycles. The van der Waals surface area contributed by atoms with Crippen LogP contribution in [-0.4, -0.2) is 5.78 Å². The number of carbonyl (C=O) groups excluding carboxylic acids is 1. The highest BCUT2D eigenvalue weighted by atomic mass is 79.9. The largest absolute Gasteiger partial charge is 0.293 e. The zero-order chi connectivity index (χ0) is 19.3. The number of benzene rings is 3. The third kappa shape index (κ3) is 2.87. The topological polar surface area (TPSA) is 17.1 Å². The lowest BCUT2D eigenvalue weighted by Crippen LogP contribution is -2.37. The first-order chi connectivity index (χ1) is 13.6. The molecule has 2 aliphatic carbocycles. The Balaban J connectivity index is 1.63. The second kappa shape index (κ2) is 6.86. The number of Topliss-reactive ketones (excluding diaryl/α,β-unsaturated/α-hetero) is 1. The standard InChI is InChI=1S/C26H21BrO/c1-16-6-11-23(25(27)14-16)26(28)19-8-7-18-10-12-21-20-5-3-2-4-17(20)9-13-22(21)24(18)15-19/h2-6,10-15,19H,7-9H2,1H3. The van der Waals surface area contributed by atoms with Gasteiger partial charge in [0, 0.05) is 16.0 Å². The van der Waals surface area contributed by atoms with E-state index in [-0.39, 0.29) is 11.7 Å². The molecule has 3 aromatic carbocycles. The van der Waals surface area contributed by atoms with Crippen molar-refractivity contribution in [2.75, 3.05) is 0 Å². The van der Waals surface area contributed by atoms with Gasteiger partial charge in [-0.1, -0.05) is 70.5 Å². The summed E-state index contributed by atoms with van der Waals surface area (Å²) in [6.07, 6.45) is 7.34. The van der Waals surface area contributed by atoms with E-state index in [4.69, 9.17) is 0 Å². The van der Waals surface area contributed by atoms with Crippen molar-refractivity contribution in [1.82, 2.24) is 0 Å². The highest BCUT2D eigenvalue weighted by molar-refractivity contribution is 9.10. The smallest absolute Gasteiger partial charge is 0.170 e. The monoisotopic (exact) mass is 428 g/mol. The average Bonchev–Trinajstić information content (AvgIpc) is 2.72. The minimum Gasteiger partial charge on any atom is -0.293 e. The van der Waals surface area contributed by atoms with E-state index in [1.807, 2.05) is 25.1 Å². The van der Waals surface area contributed by atoms with E-state index in [0.29, 0.717) is 0 Å². The van der Waals surface area contributed by atoms with Crippen LogP contribution in [0.15, 0.2) is 59.1 Å². The fourth-order valence-electron chi connectivity index (χ4n) is 4.55. The molecule has 1 atom stereocenters. The van der Waals surface area contributed by atoms with Gasteiger partial charge in [0.1, 0.15) is 0 Å². The number of hydrogen-bond donors (Lipinski definition) is 0. The molecule has 5 rings (SSSR count). The molecule has 0 aromatic heterocycles. The van der Waals surface area contributed by atoms with E-state index in [2.05, 4.69) is 64.5 Å². The number of fused-ring (bicyclic) bond motifs is 5. The van der Waals surface area contributed by atoms with Gasteiger partial charge in [0.25, 0.3) is 0 Å². The molecule has 0 fully saturated rings. The molecular weight excluding hydrogens is 408 g/mol. The van der Waals surface area contributed by atoms with Gasteiger partial charge in [0.05, 0.1) is 0 Å². The molecule has 1 unspecified atom stereocenters. The minimum atomic E-state index is -0.0661. The lowest BCUT2D eigenvalue weighted by atomic mass is 9.82. The lowest BCUT2D eigenvalue weighted by molar-refractivity contribution is 0.0946. The van der Waals surface area contributed by atoms with Crippen LogP contribution < -0.4 is 10.4 Å². The summed E-state index contributed by atoms with van der Waals surface area (Å²) in [5, 5.41) is 2.57. The third-order valence-electron chi connectivity index (χ3n) is 6.03. The van der Waals surface area contributed by atoms with E-state index >= 15 is 0 Å². The molecule has 0 bridgehead atoms. The quantitative estimate of drug-likeness (QED) is 0.525. The fraction of sp³-hybridized carbons (Fsp3) is 0.192. The van der Waals surface area contributed by atoms with Crippen LogP contribution in [0, 0.1) is 12.8 Å². The van der Waals surface area contributed by atoms with Crippen LogP contribution in [0.25, 0.3) is 23.3 Å². The van der Waals surface area contributed by atoms with E-state index in [1.54, 1.807) is 0 Å². The average molecular weight is 429 g/mol. The molecule has 0 spiro atoms. The molecule has 0 N–H and O–H groups in total. The summed E-state index contributed by atoms with van der Waals surface area (Å²) in [7, 11) is 0. The van der Waals surface area contributed by atoms with Gasteiger partial charge in [-0.15, -0.1) is 0 Å². The number of rotatable bonds is 2. The second-order valence-electron chi connectivity index (χ2n) is 7.82. The van der Waals surface area contributed by atoms with Gasteiger partial charge in [-0.3, -0.25) is 4.79 Å². The van der Waals surface area contributed by atoms with Crippen molar-refractivity contribution >= 4 is 33.9 Å². The molecule has 0 amide bonds. The van der Waals surface area contributed by atoms with Crippen molar-refractivity contribution in [3.8, 4) is 11.1 Å². The minimum absolute atomic E-state index is 0.0661. The number of aryl methyl sites for hydroxylation is 2. The van der Waals surface area contributed by atoms with Crippen molar-refractivity contribution in [3.05, 3.63) is 91.8 Å². The van der Waals surface area contributed by atoms with Crippen LogP contribution >= 0.6 is 15.9 Å². The predicted molar refractivity (Wildman–Crippen MR) is 119 cm³/mol. The summed E-state index contributed by atoms with van der Waals surface area (Å²) >= 11 is 3.58. The lowest BCUT2D eigenvalue weighted by Gasteiger charge is -2.21. The first-order valence-corrected chi connectivity index (χ1v) is 10.6. The summed E-state index contributed by atoms with van der Waals surface area (Å²) in [5.41, 5.74) is 7.30. The van der Waals surface area contributed by atoms with Crippen molar-refractivity contribution < 1.29 is 4.79 Å². The molecule has 0 aliphatic heterocycles. The van der Waals surface area contributed by atoms with E-state index in [0.717, 1.165) is 34.9 Å². The van der Waals surface area contributed by atoms with E-state index in [9.17, 15) is 4.79 Å². The van der Waals surface area contributed by atoms with Crippen molar-refractivity contribution in [1.29, 1.82) is 0 Å². The van der Waals surface area contributed by atoms with Gasteiger partial charge in [-0.05, 0) is 76.6 Å². The maximum absolute atomic E-state index is 13.2. The first-order valence-electron chi connectivity index (χ1n) is 9.84. The zero-order valence-electron chi connectivity index (χ0n) is 15.8. The number of halogens is 1. The van der Waals surface area contributed by atoms with Gasteiger partial charge in [-0.2, -0.15) is 0 Å². The highest BCUT2D eigenvalue weighted by Gasteiger charge is 2.24. The highest BCUT2D eigenvalue weighted by Crippen LogP contribution is 2.27. The van der Waals surface area contributed by atoms with Crippen molar-refractivity contribution in [3.63, 3.8) is 0 Å². The Labute approximate surface area is 173 Å². The van der Waals surface area contributed by atoms with Crippen LogP contribution in [0.5, 0.6) is 0 Å². The Hall–Kier alpha value is -2.45. The fourth-order valence-corrected chi connectivity index (χ4v) is 5.23. The van der Waals surface area contributed by atoms with Crippen LogP contribution in [0.1, 0.15) is 33.5 Å². The van der Waals surface area contributed by atoms with Crippen LogP contribution in [0.3, 0.4) is 0 Å². The SMILES string of the molecule is Cc1ccc(C(=O)C2C=c3c(ccc4c3=CCc3ccccc3-4)CC2)c(Br)c1.